The quantitative estimate of drug-likeness (QED) is 0.675. The average molecular weight is 203 g/mol. The van der Waals surface area contributed by atoms with Crippen molar-refractivity contribution in [3.8, 4) is 0 Å². The lowest BCUT2D eigenvalue weighted by Gasteiger charge is -2.23. The van der Waals surface area contributed by atoms with E-state index in [-0.39, 0.29) is 0 Å². The summed E-state index contributed by atoms with van der Waals surface area (Å²) in [6.07, 6.45) is 2.71. The average Bonchev–Trinajstić information content (AvgIpc) is 2.73. The molecule has 2 rings (SSSR count). The van der Waals surface area contributed by atoms with Crippen molar-refractivity contribution < 1.29 is 0 Å². The molecule has 0 aliphatic carbocycles. The highest BCUT2D eigenvalue weighted by molar-refractivity contribution is 5.60. The van der Waals surface area contributed by atoms with Crippen LogP contribution in [0.2, 0.25) is 0 Å². The summed E-state index contributed by atoms with van der Waals surface area (Å²) in [6.45, 7) is 11.4. The van der Waals surface area contributed by atoms with Gasteiger partial charge in [-0.3, -0.25) is 0 Å². The minimum Gasteiger partial charge on any atom is -0.371 e. The zero-order chi connectivity index (χ0) is 11.0. The summed E-state index contributed by atoms with van der Waals surface area (Å²) in [6, 6.07) is 2.36. The topological polar surface area (TPSA) is 3.24 Å². The molecule has 1 aromatic rings. The van der Waals surface area contributed by atoms with Crippen molar-refractivity contribution in [3.63, 3.8) is 0 Å². The zero-order valence-electron chi connectivity index (χ0n) is 10.4. The predicted molar refractivity (Wildman–Crippen MR) is 66.8 cm³/mol. The van der Waals surface area contributed by atoms with Gasteiger partial charge in [0.1, 0.15) is 0 Å². The highest BCUT2D eigenvalue weighted by atomic mass is 15.1. The van der Waals surface area contributed by atoms with Crippen molar-refractivity contribution in [3.05, 3.63) is 28.3 Å². The molecule has 1 fully saturated rings. The van der Waals surface area contributed by atoms with Crippen LogP contribution in [-0.4, -0.2) is 13.1 Å². The molecule has 0 unspecified atom stereocenters. The van der Waals surface area contributed by atoms with Crippen LogP contribution >= 0.6 is 0 Å². The van der Waals surface area contributed by atoms with E-state index in [4.69, 9.17) is 0 Å². The van der Waals surface area contributed by atoms with Gasteiger partial charge in [-0.2, -0.15) is 0 Å². The fraction of sp³-hybridized carbons (Fsp3) is 0.571. The summed E-state index contributed by atoms with van der Waals surface area (Å²) >= 11 is 0. The Balaban J connectivity index is 2.47. The number of aryl methyl sites for hydroxylation is 1. The molecule has 82 valence electrons. The van der Waals surface area contributed by atoms with Crippen LogP contribution in [0.5, 0.6) is 0 Å². The largest absolute Gasteiger partial charge is 0.371 e. The molecular weight excluding hydrogens is 182 g/mol. The summed E-state index contributed by atoms with van der Waals surface area (Å²) in [5, 5.41) is 0. The van der Waals surface area contributed by atoms with E-state index < -0.39 is 0 Å². The number of benzene rings is 1. The normalized spacial score (nSPS) is 16.1. The van der Waals surface area contributed by atoms with Gasteiger partial charge in [-0.15, -0.1) is 0 Å². The lowest BCUT2D eigenvalue weighted by molar-refractivity contribution is 0.949. The van der Waals surface area contributed by atoms with Crippen LogP contribution in [0.1, 0.15) is 35.1 Å². The van der Waals surface area contributed by atoms with Crippen LogP contribution in [0, 0.1) is 27.7 Å². The molecule has 0 aromatic heterocycles. The maximum Gasteiger partial charge on any atom is 0.0401 e. The van der Waals surface area contributed by atoms with E-state index in [1.54, 1.807) is 0 Å². The Hall–Kier alpha value is -0.980. The monoisotopic (exact) mass is 203 g/mol. The Kier molecular flexibility index (Phi) is 2.72. The minimum absolute atomic E-state index is 1.24. The molecule has 0 bridgehead atoms. The van der Waals surface area contributed by atoms with Crippen LogP contribution in [0.15, 0.2) is 6.07 Å². The second kappa shape index (κ2) is 3.88. The van der Waals surface area contributed by atoms with Crippen molar-refractivity contribution >= 4 is 5.69 Å². The lowest BCUT2D eigenvalue weighted by Crippen LogP contribution is -2.19. The molecule has 0 atom stereocenters. The van der Waals surface area contributed by atoms with Gasteiger partial charge < -0.3 is 4.90 Å². The summed E-state index contributed by atoms with van der Waals surface area (Å²) in [5.41, 5.74) is 7.29. The Morgan fingerprint density at radius 1 is 0.867 bits per heavy atom. The Bertz CT molecular complexity index is 373. The van der Waals surface area contributed by atoms with E-state index in [2.05, 4.69) is 38.7 Å². The van der Waals surface area contributed by atoms with E-state index in [0.29, 0.717) is 0 Å². The maximum atomic E-state index is 2.54. The van der Waals surface area contributed by atoms with E-state index in [0.717, 1.165) is 0 Å². The van der Waals surface area contributed by atoms with Gasteiger partial charge in [0.25, 0.3) is 0 Å². The molecule has 0 N–H and O–H groups in total. The lowest BCUT2D eigenvalue weighted by atomic mass is 9.97. The highest BCUT2D eigenvalue weighted by Gasteiger charge is 2.16. The van der Waals surface area contributed by atoms with Crippen LogP contribution in [0.4, 0.5) is 5.69 Å². The van der Waals surface area contributed by atoms with Gasteiger partial charge in [0.05, 0.1) is 0 Å². The molecule has 1 heterocycles. The van der Waals surface area contributed by atoms with E-state index in [1.165, 1.54) is 53.9 Å². The van der Waals surface area contributed by atoms with Gasteiger partial charge in [0, 0.05) is 18.8 Å². The molecule has 15 heavy (non-hydrogen) atoms. The Morgan fingerprint density at radius 2 is 1.47 bits per heavy atom. The number of anilines is 1. The highest BCUT2D eigenvalue weighted by Crippen LogP contribution is 2.30. The van der Waals surface area contributed by atoms with Gasteiger partial charge in [-0.05, 0) is 68.9 Å². The van der Waals surface area contributed by atoms with Gasteiger partial charge >= 0.3 is 0 Å². The molecule has 0 saturated carbocycles. The molecule has 1 aliphatic rings. The molecule has 1 nitrogen and oxygen atoms in total. The third-order valence-corrected chi connectivity index (χ3v) is 3.90. The maximum absolute atomic E-state index is 2.54. The van der Waals surface area contributed by atoms with Gasteiger partial charge in [-0.25, -0.2) is 0 Å². The molecule has 0 amide bonds. The molecule has 1 saturated heterocycles. The third kappa shape index (κ3) is 1.75. The first kappa shape index (κ1) is 10.5. The van der Waals surface area contributed by atoms with E-state index in [9.17, 15) is 0 Å². The van der Waals surface area contributed by atoms with Crippen LogP contribution < -0.4 is 4.90 Å². The van der Waals surface area contributed by atoms with Crippen LogP contribution in [-0.2, 0) is 0 Å². The third-order valence-electron chi connectivity index (χ3n) is 3.90. The second-order valence-electron chi connectivity index (χ2n) is 4.78. The van der Waals surface area contributed by atoms with Crippen molar-refractivity contribution in [1.82, 2.24) is 0 Å². The standard InChI is InChI=1S/C14H21N/c1-10-9-14(15-7-5-6-8-15)13(4)12(3)11(10)2/h9H,5-8H2,1-4H3. The number of nitrogens with zero attached hydrogens (tertiary/aromatic N) is 1. The van der Waals surface area contributed by atoms with Crippen LogP contribution in [0.25, 0.3) is 0 Å². The summed E-state index contributed by atoms with van der Waals surface area (Å²) < 4.78 is 0. The molecule has 1 aromatic carbocycles. The summed E-state index contributed by atoms with van der Waals surface area (Å²) in [7, 11) is 0. The summed E-state index contributed by atoms with van der Waals surface area (Å²) in [5.74, 6) is 0. The first-order valence-electron chi connectivity index (χ1n) is 5.93. The van der Waals surface area contributed by atoms with Crippen molar-refractivity contribution in [2.75, 3.05) is 18.0 Å². The predicted octanol–water partition coefficient (Wildman–Crippen LogP) is 3.52. The second-order valence-corrected chi connectivity index (χ2v) is 4.78. The number of hydrogen-bond acceptors (Lipinski definition) is 1. The van der Waals surface area contributed by atoms with Crippen LogP contribution in [0.3, 0.4) is 0 Å². The Labute approximate surface area is 93.1 Å². The number of hydrogen-bond donors (Lipinski definition) is 0. The summed E-state index contributed by atoms with van der Waals surface area (Å²) in [4.78, 5) is 2.54. The Morgan fingerprint density at radius 3 is 2.07 bits per heavy atom. The fourth-order valence-electron chi connectivity index (χ4n) is 2.48. The van der Waals surface area contributed by atoms with Gasteiger partial charge in [0.15, 0.2) is 0 Å². The minimum atomic E-state index is 1.24. The van der Waals surface area contributed by atoms with E-state index >= 15 is 0 Å². The van der Waals surface area contributed by atoms with Crippen molar-refractivity contribution in [1.29, 1.82) is 0 Å². The molecule has 1 heteroatoms. The SMILES string of the molecule is Cc1cc(N2CCCC2)c(C)c(C)c1C. The van der Waals surface area contributed by atoms with Crippen molar-refractivity contribution in [2.45, 2.75) is 40.5 Å². The smallest absolute Gasteiger partial charge is 0.0401 e. The van der Waals surface area contributed by atoms with Gasteiger partial charge in [-0.1, -0.05) is 0 Å². The first-order valence-corrected chi connectivity index (χ1v) is 5.93. The van der Waals surface area contributed by atoms with E-state index in [1.807, 2.05) is 0 Å². The molecule has 0 radical (unpaired) electrons. The van der Waals surface area contributed by atoms with Crippen molar-refractivity contribution in [2.24, 2.45) is 0 Å². The molecule has 0 spiro atoms. The van der Waals surface area contributed by atoms with Gasteiger partial charge in [0.2, 0.25) is 0 Å². The fourth-order valence-corrected chi connectivity index (χ4v) is 2.48. The first-order chi connectivity index (χ1) is 7.11. The molecular formula is C14H21N. The number of rotatable bonds is 1. The zero-order valence-corrected chi connectivity index (χ0v) is 10.4. The molecule has 1 aliphatic heterocycles.